The Bertz CT molecular complexity index is 1040. The summed E-state index contributed by atoms with van der Waals surface area (Å²) in [5, 5.41) is 6.62. The minimum absolute atomic E-state index is 0.390. The summed E-state index contributed by atoms with van der Waals surface area (Å²) >= 11 is 1.58. The van der Waals surface area contributed by atoms with E-state index in [9.17, 15) is 4.79 Å². The molecule has 0 spiro atoms. The van der Waals surface area contributed by atoms with Crippen molar-refractivity contribution in [2.24, 2.45) is 0 Å². The molecule has 0 radical (unpaired) electrons. The second-order valence-corrected chi connectivity index (χ2v) is 6.79. The zero-order chi connectivity index (χ0) is 17.9. The number of aromatic nitrogens is 2. The van der Waals surface area contributed by atoms with Crippen molar-refractivity contribution in [3.8, 4) is 22.0 Å². The molecule has 4 rings (SSSR count). The molecular weight excluding hydrogens is 344 g/mol. The maximum atomic E-state index is 12.8. The molecule has 2 heterocycles. The fraction of sp³-hybridized carbons (Fsp3) is 0.0476. The Labute approximate surface area is 155 Å². The Morgan fingerprint density at radius 2 is 1.85 bits per heavy atom. The van der Waals surface area contributed by atoms with Gasteiger partial charge in [-0.1, -0.05) is 36.4 Å². The van der Waals surface area contributed by atoms with Crippen molar-refractivity contribution in [1.82, 2.24) is 9.78 Å². The first-order valence-electron chi connectivity index (χ1n) is 8.19. The van der Waals surface area contributed by atoms with Crippen LogP contribution in [0.3, 0.4) is 0 Å². The lowest BCUT2D eigenvalue weighted by Gasteiger charge is -2.08. The monoisotopic (exact) mass is 360 g/mol. The summed E-state index contributed by atoms with van der Waals surface area (Å²) in [7, 11) is 0. The normalized spacial score (nSPS) is 10.7. The van der Waals surface area contributed by atoms with Crippen LogP contribution < -0.4 is 4.74 Å². The van der Waals surface area contributed by atoms with Crippen molar-refractivity contribution in [3.05, 3.63) is 89.4 Å². The molecule has 0 aliphatic rings. The fourth-order valence-corrected chi connectivity index (χ4v) is 3.36. The number of hydrogen-bond acceptors (Lipinski definition) is 4. The summed E-state index contributed by atoms with van der Waals surface area (Å²) in [6.07, 6.45) is 0. The highest BCUT2D eigenvalue weighted by atomic mass is 32.1. The van der Waals surface area contributed by atoms with E-state index in [2.05, 4.69) is 5.10 Å². The highest BCUT2D eigenvalue weighted by Gasteiger charge is 2.20. The Balaban J connectivity index is 1.75. The average molecular weight is 360 g/mol. The Hall–Kier alpha value is -3.18. The van der Waals surface area contributed by atoms with Gasteiger partial charge >= 0.3 is 5.97 Å². The maximum Gasteiger partial charge on any atom is 0.362 e. The van der Waals surface area contributed by atoms with E-state index < -0.39 is 5.97 Å². The maximum absolute atomic E-state index is 12.8. The van der Waals surface area contributed by atoms with Crippen LogP contribution in [0.15, 0.2) is 78.2 Å². The number of aryl methyl sites for hydroxylation is 1. The number of para-hydroxylation sites is 1. The number of benzene rings is 2. The molecule has 0 fully saturated rings. The summed E-state index contributed by atoms with van der Waals surface area (Å²) in [4.78, 5) is 13.8. The van der Waals surface area contributed by atoms with Gasteiger partial charge in [0.2, 0.25) is 0 Å². The fourth-order valence-electron chi connectivity index (χ4n) is 2.68. The first kappa shape index (κ1) is 16.3. The third-order valence-electron chi connectivity index (χ3n) is 3.89. The van der Waals surface area contributed by atoms with Gasteiger partial charge in [-0.2, -0.15) is 5.10 Å². The van der Waals surface area contributed by atoms with Crippen LogP contribution in [-0.4, -0.2) is 15.7 Å². The van der Waals surface area contributed by atoms with Crippen LogP contribution >= 0.6 is 11.3 Å². The van der Waals surface area contributed by atoms with Gasteiger partial charge in [0.05, 0.1) is 10.6 Å². The number of esters is 1. The van der Waals surface area contributed by atoms with E-state index in [0.29, 0.717) is 11.4 Å². The van der Waals surface area contributed by atoms with E-state index in [0.717, 1.165) is 21.8 Å². The molecular formula is C21H16N2O2S. The predicted molar refractivity (Wildman–Crippen MR) is 103 cm³/mol. The van der Waals surface area contributed by atoms with Gasteiger partial charge in [0.15, 0.2) is 5.69 Å². The molecule has 0 unspecified atom stereocenters. The second kappa shape index (κ2) is 6.98. The molecule has 4 nitrogen and oxygen atoms in total. The SMILES string of the molecule is Cc1cccc(OC(=O)c2cc(-c3cccs3)nn2-c2ccccc2)c1. The summed E-state index contributed by atoms with van der Waals surface area (Å²) in [5.41, 5.74) is 2.98. The second-order valence-electron chi connectivity index (χ2n) is 5.85. The van der Waals surface area contributed by atoms with Crippen molar-refractivity contribution < 1.29 is 9.53 Å². The van der Waals surface area contributed by atoms with Crippen LogP contribution in [-0.2, 0) is 0 Å². The van der Waals surface area contributed by atoms with Crippen LogP contribution in [0.4, 0.5) is 0 Å². The zero-order valence-corrected chi connectivity index (χ0v) is 14.9. The number of hydrogen-bond donors (Lipinski definition) is 0. The Morgan fingerprint density at radius 3 is 2.58 bits per heavy atom. The van der Waals surface area contributed by atoms with Crippen molar-refractivity contribution in [1.29, 1.82) is 0 Å². The van der Waals surface area contributed by atoms with Crippen LogP contribution in [0.25, 0.3) is 16.3 Å². The van der Waals surface area contributed by atoms with Gasteiger partial charge in [0.1, 0.15) is 11.4 Å². The average Bonchev–Trinajstić information content (AvgIpc) is 3.32. The number of carbonyl (C=O) groups excluding carboxylic acids is 1. The molecule has 0 amide bonds. The number of rotatable bonds is 4. The summed E-state index contributed by atoms with van der Waals surface area (Å²) in [6, 6.07) is 22.7. The van der Waals surface area contributed by atoms with E-state index in [1.807, 2.05) is 73.0 Å². The van der Waals surface area contributed by atoms with Crippen molar-refractivity contribution in [2.45, 2.75) is 6.92 Å². The molecule has 128 valence electrons. The lowest BCUT2D eigenvalue weighted by molar-refractivity contribution is 0.0725. The van der Waals surface area contributed by atoms with Crippen LogP contribution in [0, 0.1) is 6.92 Å². The first-order valence-corrected chi connectivity index (χ1v) is 9.07. The summed E-state index contributed by atoms with van der Waals surface area (Å²) < 4.78 is 7.21. The van der Waals surface area contributed by atoms with Crippen molar-refractivity contribution in [3.63, 3.8) is 0 Å². The lowest BCUT2D eigenvalue weighted by atomic mass is 10.2. The van der Waals surface area contributed by atoms with E-state index in [-0.39, 0.29) is 0 Å². The van der Waals surface area contributed by atoms with Crippen LogP contribution in [0.2, 0.25) is 0 Å². The molecule has 4 aromatic rings. The molecule has 0 saturated carbocycles. The molecule has 0 atom stereocenters. The molecule has 26 heavy (non-hydrogen) atoms. The van der Waals surface area contributed by atoms with Crippen LogP contribution in [0.5, 0.6) is 5.75 Å². The highest BCUT2D eigenvalue weighted by molar-refractivity contribution is 7.13. The van der Waals surface area contributed by atoms with Gasteiger partial charge in [-0.05, 0) is 48.2 Å². The third-order valence-corrected chi connectivity index (χ3v) is 4.79. The number of ether oxygens (including phenoxy) is 1. The Kier molecular flexibility index (Phi) is 4.37. The molecule has 0 saturated heterocycles. The molecule has 5 heteroatoms. The number of carbonyl (C=O) groups is 1. The van der Waals surface area contributed by atoms with Crippen LogP contribution in [0.1, 0.15) is 16.1 Å². The molecule has 2 aromatic heterocycles. The van der Waals surface area contributed by atoms with Gasteiger partial charge in [0, 0.05) is 6.07 Å². The molecule has 0 N–H and O–H groups in total. The standard InChI is InChI=1S/C21H16N2O2S/c1-15-7-5-10-17(13-15)25-21(24)19-14-18(20-11-6-12-26-20)22-23(19)16-8-3-2-4-9-16/h2-14H,1H3. The van der Waals surface area contributed by atoms with Gasteiger partial charge in [-0.15, -0.1) is 11.3 Å². The number of nitrogens with zero attached hydrogens (tertiary/aromatic N) is 2. The minimum Gasteiger partial charge on any atom is -0.422 e. The lowest BCUT2D eigenvalue weighted by Crippen LogP contribution is -2.14. The molecule has 2 aromatic carbocycles. The van der Waals surface area contributed by atoms with Gasteiger partial charge < -0.3 is 4.74 Å². The summed E-state index contributed by atoms with van der Waals surface area (Å²) in [6.45, 7) is 1.96. The molecule has 0 aliphatic heterocycles. The number of thiophene rings is 1. The highest BCUT2D eigenvalue weighted by Crippen LogP contribution is 2.26. The Morgan fingerprint density at radius 1 is 1.00 bits per heavy atom. The van der Waals surface area contributed by atoms with E-state index >= 15 is 0 Å². The molecule has 0 bridgehead atoms. The van der Waals surface area contributed by atoms with Crippen molar-refractivity contribution >= 4 is 17.3 Å². The minimum atomic E-state index is -0.435. The van der Waals surface area contributed by atoms with E-state index in [1.165, 1.54) is 0 Å². The van der Waals surface area contributed by atoms with Crippen molar-refractivity contribution in [2.75, 3.05) is 0 Å². The first-order chi connectivity index (χ1) is 12.7. The summed E-state index contributed by atoms with van der Waals surface area (Å²) in [5.74, 6) is 0.0863. The molecule has 0 aliphatic carbocycles. The smallest absolute Gasteiger partial charge is 0.362 e. The topological polar surface area (TPSA) is 44.1 Å². The van der Waals surface area contributed by atoms with E-state index in [1.54, 1.807) is 28.2 Å². The zero-order valence-electron chi connectivity index (χ0n) is 14.1. The quantitative estimate of drug-likeness (QED) is 0.374. The van der Waals surface area contributed by atoms with Gasteiger partial charge in [0.25, 0.3) is 0 Å². The predicted octanol–water partition coefficient (Wildman–Crippen LogP) is 5.13. The van der Waals surface area contributed by atoms with Gasteiger partial charge in [-0.25, -0.2) is 9.48 Å². The largest absolute Gasteiger partial charge is 0.422 e. The van der Waals surface area contributed by atoms with Gasteiger partial charge in [-0.3, -0.25) is 0 Å². The van der Waals surface area contributed by atoms with E-state index in [4.69, 9.17) is 4.74 Å². The third kappa shape index (κ3) is 3.30.